The highest BCUT2D eigenvalue weighted by Gasteiger charge is 2.17. The summed E-state index contributed by atoms with van der Waals surface area (Å²) >= 11 is 0. The number of hydrogen-bond donors (Lipinski definition) is 1. The third-order valence-corrected chi connectivity index (χ3v) is 4.88. The predicted octanol–water partition coefficient (Wildman–Crippen LogP) is 3.85. The van der Waals surface area contributed by atoms with Crippen molar-refractivity contribution in [3.8, 4) is 5.69 Å². The van der Waals surface area contributed by atoms with Crippen molar-refractivity contribution < 1.29 is 4.79 Å². The summed E-state index contributed by atoms with van der Waals surface area (Å²) in [7, 11) is 0. The van der Waals surface area contributed by atoms with Crippen molar-refractivity contribution in [2.75, 3.05) is 0 Å². The lowest BCUT2D eigenvalue weighted by Crippen LogP contribution is -2.28. The Bertz CT molecular complexity index is 1320. The van der Waals surface area contributed by atoms with E-state index < -0.39 is 5.91 Å². The Morgan fingerprint density at radius 2 is 1.53 bits per heavy atom. The number of nitrogens with zero attached hydrogens (tertiary/aromatic N) is 3. The molecule has 4 aromatic rings. The molecule has 0 fully saturated rings. The van der Waals surface area contributed by atoms with Crippen LogP contribution < -0.4 is 11.0 Å². The molecular weight excluding hydrogens is 376 g/mol. The first kappa shape index (κ1) is 19.3. The molecule has 6 nitrogen and oxygen atoms in total. The number of fused-ring (bicyclic) bond motifs is 1. The molecule has 0 saturated heterocycles. The highest BCUT2D eigenvalue weighted by Crippen LogP contribution is 2.15. The monoisotopic (exact) mass is 396 g/mol. The first-order chi connectivity index (χ1) is 14.6. The molecule has 30 heavy (non-hydrogen) atoms. The van der Waals surface area contributed by atoms with Gasteiger partial charge in [-0.1, -0.05) is 60.7 Å². The summed E-state index contributed by atoms with van der Waals surface area (Å²) in [6.07, 6.45) is 0. The summed E-state index contributed by atoms with van der Waals surface area (Å²) in [5.41, 5.74) is 5.72. The number of hydrazone groups is 1. The summed E-state index contributed by atoms with van der Waals surface area (Å²) in [5.74, 6) is -0.483. The van der Waals surface area contributed by atoms with E-state index >= 15 is 0 Å². The van der Waals surface area contributed by atoms with E-state index in [1.807, 2.05) is 56.3 Å². The smallest absolute Gasteiger partial charge is 0.267 e. The van der Waals surface area contributed by atoms with E-state index in [1.54, 1.807) is 36.4 Å². The van der Waals surface area contributed by atoms with Crippen molar-refractivity contribution >= 4 is 22.4 Å². The number of aromatic nitrogens is 2. The number of amides is 1. The molecular formula is C24H20N4O2. The molecule has 3 aromatic carbocycles. The van der Waals surface area contributed by atoms with E-state index in [1.165, 1.54) is 4.68 Å². The highest BCUT2D eigenvalue weighted by molar-refractivity contribution is 6.06. The second-order valence-corrected chi connectivity index (χ2v) is 6.90. The third-order valence-electron chi connectivity index (χ3n) is 4.88. The van der Waals surface area contributed by atoms with Gasteiger partial charge < -0.3 is 0 Å². The maximum absolute atomic E-state index is 13.0. The molecule has 0 bridgehead atoms. The molecule has 0 aliphatic heterocycles. The van der Waals surface area contributed by atoms with Gasteiger partial charge in [0.1, 0.15) is 0 Å². The molecule has 1 aromatic heterocycles. The SMILES string of the molecule is C/C(=N/NC(=O)c1nn(-c2ccccc2)c(=O)c2ccccc12)c1ccccc1C. The molecule has 1 amide bonds. The van der Waals surface area contributed by atoms with Crippen molar-refractivity contribution in [3.63, 3.8) is 0 Å². The van der Waals surface area contributed by atoms with Crippen LogP contribution in [-0.4, -0.2) is 21.4 Å². The molecule has 0 saturated carbocycles. The van der Waals surface area contributed by atoms with Crippen LogP contribution in [0.15, 0.2) is 88.8 Å². The van der Waals surface area contributed by atoms with E-state index in [0.717, 1.165) is 11.1 Å². The summed E-state index contributed by atoms with van der Waals surface area (Å²) in [6.45, 7) is 3.82. The number of aryl methyl sites for hydroxylation is 1. The number of para-hydroxylation sites is 1. The normalized spacial score (nSPS) is 11.5. The summed E-state index contributed by atoms with van der Waals surface area (Å²) in [5, 5.41) is 9.51. The van der Waals surface area contributed by atoms with Crippen LogP contribution in [0.5, 0.6) is 0 Å². The third kappa shape index (κ3) is 3.63. The van der Waals surface area contributed by atoms with Gasteiger partial charge in [0.05, 0.1) is 16.8 Å². The highest BCUT2D eigenvalue weighted by atomic mass is 16.2. The van der Waals surface area contributed by atoms with Gasteiger partial charge >= 0.3 is 0 Å². The largest absolute Gasteiger partial charge is 0.292 e. The lowest BCUT2D eigenvalue weighted by molar-refractivity contribution is 0.0950. The minimum absolute atomic E-state index is 0.135. The van der Waals surface area contributed by atoms with E-state index in [-0.39, 0.29) is 11.3 Å². The Hall–Kier alpha value is -4.06. The van der Waals surface area contributed by atoms with Gasteiger partial charge in [0.2, 0.25) is 0 Å². The minimum atomic E-state index is -0.483. The summed E-state index contributed by atoms with van der Waals surface area (Å²) in [6, 6.07) is 23.8. The Labute approximate surface area is 173 Å². The van der Waals surface area contributed by atoms with Gasteiger partial charge in [0, 0.05) is 10.9 Å². The number of carbonyl (C=O) groups excluding carboxylic acids is 1. The zero-order valence-corrected chi connectivity index (χ0v) is 16.7. The van der Waals surface area contributed by atoms with Crippen LogP contribution >= 0.6 is 0 Å². The van der Waals surface area contributed by atoms with Crippen LogP contribution in [0.1, 0.15) is 28.5 Å². The number of carbonyl (C=O) groups is 1. The van der Waals surface area contributed by atoms with Crippen LogP contribution in [0.2, 0.25) is 0 Å². The van der Waals surface area contributed by atoms with Crippen LogP contribution in [-0.2, 0) is 0 Å². The quantitative estimate of drug-likeness (QED) is 0.420. The molecule has 0 aliphatic rings. The van der Waals surface area contributed by atoms with Crippen LogP contribution in [0, 0.1) is 6.92 Å². The van der Waals surface area contributed by atoms with Crippen molar-refractivity contribution in [1.29, 1.82) is 0 Å². The minimum Gasteiger partial charge on any atom is -0.267 e. The zero-order valence-electron chi connectivity index (χ0n) is 16.7. The average molecular weight is 396 g/mol. The Kier molecular flexibility index (Phi) is 5.22. The van der Waals surface area contributed by atoms with Crippen molar-refractivity contribution in [2.24, 2.45) is 5.10 Å². The second kappa shape index (κ2) is 8.13. The topological polar surface area (TPSA) is 76.3 Å². The first-order valence-corrected chi connectivity index (χ1v) is 9.54. The van der Waals surface area contributed by atoms with Crippen LogP contribution in [0.4, 0.5) is 0 Å². The maximum atomic E-state index is 13.0. The summed E-state index contributed by atoms with van der Waals surface area (Å²) in [4.78, 5) is 25.9. The lowest BCUT2D eigenvalue weighted by Gasteiger charge is -2.10. The molecule has 6 heteroatoms. The number of benzene rings is 3. The molecule has 4 rings (SSSR count). The molecule has 0 aliphatic carbocycles. The second-order valence-electron chi connectivity index (χ2n) is 6.90. The molecule has 0 spiro atoms. The van der Waals surface area contributed by atoms with Gasteiger partial charge in [-0.2, -0.15) is 14.9 Å². The van der Waals surface area contributed by atoms with E-state index in [4.69, 9.17) is 0 Å². The van der Waals surface area contributed by atoms with Gasteiger partial charge in [-0.3, -0.25) is 9.59 Å². The molecule has 0 unspecified atom stereocenters. The van der Waals surface area contributed by atoms with E-state index in [0.29, 0.717) is 22.2 Å². The predicted molar refractivity (Wildman–Crippen MR) is 118 cm³/mol. The van der Waals surface area contributed by atoms with Crippen molar-refractivity contribution in [3.05, 3.63) is 106 Å². The Balaban J connectivity index is 1.77. The zero-order chi connectivity index (χ0) is 21.1. The number of hydrogen-bond acceptors (Lipinski definition) is 4. The lowest BCUT2D eigenvalue weighted by atomic mass is 10.1. The fourth-order valence-electron chi connectivity index (χ4n) is 3.33. The molecule has 0 atom stereocenters. The Morgan fingerprint density at radius 1 is 0.900 bits per heavy atom. The van der Waals surface area contributed by atoms with E-state index in [9.17, 15) is 9.59 Å². The van der Waals surface area contributed by atoms with E-state index in [2.05, 4.69) is 15.6 Å². The standard InChI is InChI=1S/C24H20N4O2/c1-16-10-6-7-13-19(16)17(2)25-26-23(29)22-20-14-8-9-15-21(20)24(30)28(27-22)18-11-4-3-5-12-18/h3-15H,1-2H3,(H,26,29)/b25-17-. The van der Waals surface area contributed by atoms with Crippen molar-refractivity contribution in [1.82, 2.24) is 15.2 Å². The fraction of sp³-hybridized carbons (Fsp3) is 0.0833. The first-order valence-electron chi connectivity index (χ1n) is 9.54. The van der Waals surface area contributed by atoms with Crippen LogP contribution in [0.3, 0.4) is 0 Å². The molecule has 1 N–H and O–H groups in total. The van der Waals surface area contributed by atoms with Crippen molar-refractivity contribution in [2.45, 2.75) is 13.8 Å². The molecule has 148 valence electrons. The fourth-order valence-corrected chi connectivity index (χ4v) is 3.33. The van der Waals surface area contributed by atoms with Gasteiger partial charge in [0.15, 0.2) is 5.69 Å². The number of nitrogens with one attached hydrogen (secondary N) is 1. The van der Waals surface area contributed by atoms with Gasteiger partial charge in [-0.05, 0) is 37.6 Å². The molecule has 1 heterocycles. The summed E-state index contributed by atoms with van der Waals surface area (Å²) < 4.78 is 1.25. The van der Waals surface area contributed by atoms with Gasteiger partial charge in [-0.25, -0.2) is 5.43 Å². The van der Waals surface area contributed by atoms with Gasteiger partial charge in [0.25, 0.3) is 11.5 Å². The van der Waals surface area contributed by atoms with Gasteiger partial charge in [-0.15, -0.1) is 0 Å². The molecule has 0 radical (unpaired) electrons. The van der Waals surface area contributed by atoms with Crippen LogP contribution in [0.25, 0.3) is 16.5 Å². The Morgan fingerprint density at radius 3 is 2.27 bits per heavy atom. The average Bonchev–Trinajstić information content (AvgIpc) is 2.78. The number of rotatable bonds is 4. The maximum Gasteiger partial charge on any atom is 0.292 e.